The SMILES string of the molecule is CC(C)CC(C(=O)O)c1cc(-c2ccc(C(F)(F)F)cc2)cc(N(C)c2ccc(C(F)(F)F)cc2)c1. The lowest BCUT2D eigenvalue weighted by atomic mass is 9.88. The van der Waals surface area contributed by atoms with Gasteiger partial charge in [0.25, 0.3) is 0 Å². The molecule has 0 spiro atoms. The molecule has 0 saturated heterocycles. The highest BCUT2D eigenvalue weighted by Crippen LogP contribution is 2.37. The molecule has 1 N–H and O–H groups in total. The number of hydrogen-bond donors (Lipinski definition) is 1. The molecule has 3 nitrogen and oxygen atoms in total. The van der Waals surface area contributed by atoms with E-state index in [1.165, 1.54) is 24.3 Å². The zero-order valence-electron chi connectivity index (χ0n) is 19.8. The molecule has 0 aliphatic rings. The minimum atomic E-state index is -4.50. The first-order valence-electron chi connectivity index (χ1n) is 11.1. The van der Waals surface area contributed by atoms with Crippen molar-refractivity contribution in [1.29, 1.82) is 0 Å². The van der Waals surface area contributed by atoms with Gasteiger partial charge in [-0.25, -0.2) is 0 Å². The van der Waals surface area contributed by atoms with Crippen LogP contribution in [0.3, 0.4) is 0 Å². The van der Waals surface area contributed by atoms with Gasteiger partial charge in [-0.1, -0.05) is 32.0 Å². The Labute approximate surface area is 205 Å². The van der Waals surface area contributed by atoms with Crippen molar-refractivity contribution in [2.45, 2.75) is 38.5 Å². The van der Waals surface area contributed by atoms with Gasteiger partial charge in [-0.15, -0.1) is 0 Å². The number of halogens is 6. The van der Waals surface area contributed by atoms with Crippen LogP contribution in [0.25, 0.3) is 11.1 Å². The molecule has 0 fully saturated rings. The van der Waals surface area contributed by atoms with E-state index in [-0.39, 0.29) is 5.92 Å². The van der Waals surface area contributed by atoms with Crippen molar-refractivity contribution in [3.05, 3.63) is 83.4 Å². The van der Waals surface area contributed by atoms with Crippen molar-refractivity contribution < 1.29 is 36.2 Å². The Kier molecular flexibility index (Phi) is 7.71. The summed E-state index contributed by atoms with van der Waals surface area (Å²) in [5, 5.41) is 9.87. The van der Waals surface area contributed by atoms with E-state index >= 15 is 0 Å². The van der Waals surface area contributed by atoms with Crippen LogP contribution in [0.1, 0.15) is 42.9 Å². The number of benzene rings is 3. The molecule has 0 radical (unpaired) electrons. The summed E-state index contributed by atoms with van der Waals surface area (Å²) >= 11 is 0. The van der Waals surface area contributed by atoms with E-state index < -0.39 is 35.4 Å². The average molecular weight is 509 g/mol. The highest BCUT2D eigenvalue weighted by atomic mass is 19.4. The fourth-order valence-electron chi connectivity index (χ4n) is 3.92. The van der Waals surface area contributed by atoms with Crippen molar-refractivity contribution in [2.75, 3.05) is 11.9 Å². The number of nitrogens with zero attached hydrogens (tertiary/aromatic N) is 1. The third kappa shape index (κ3) is 6.38. The number of alkyl halides is 6. The van der Waals surface area contributed by atoms with E-state index in [4.69, 9.17) is 0 Å². The molecule has 0 aliphatic heterocycles. The molecule has 3 aromatic rings. The van der Waals surface area contributed by atoms with Crippen LogP contribution in [-0.2, 0) is 17.1 Å². The Bertz CT molecular complexity index is 1200. The molecule has 0 aromatic heterocycles. The van der Waals surface area contributed by atoms with Crippen molar-refractivity contribution in [3.63, 3.8) is 0 Å². The number of hydrogen-bond acceptors (Lipinski definition) is 2. The van der Waals surface area contributed by atoms with Crippen LogP contribution in [0.2, 0.25) is 0 Å². The van der Waals surface area contributed by atoms with E-state index in [0.717, 1.165) is 24.3 Å². The Morgan fingerprint density at radius 1 is 0.778 bits per heavy atom. The van der Waals surface area contributed by atoms with Gasteiger partial charge in [0.1, 0.15) is 0 Å². The van der Waals surface area contributed by atoms with E-state index in [2.05, 4.69) is 0 Å². The smallest absolute Gasteiger partial charge is 0.416 e. The first kappa shape index (κ1) is 27.1. The third-order valence-electron chi connectivity index (χ3n) is 5.86. The second-order valence-corrected chi connectivity index (χ2v) is 9.01. The van der Waals surface area contributed by atoms with Gasteiger partial charge in [0, 0.05) is 18.4 Å². The predicted molar refractivity (Wildman–Crippen MR) is 126 cm³/mol. The fourth-order valence-corrected chi connectivity index (χ4v) is 3.92. The molecule has 0 bridgehead atoms. The summed E-state index contributed by atoms with van der Waals surface area (Å²) in [5.41, 5.74) is 0.675. The van der Waals surface area contributed by atoms with Gasteiger partial charge in [0.2, 0.25) is 0 Å². The number of rotatable bonds is 7. The lowest BCUT2D eigenvalue weighted by Gasteiger charge is -2.24. The number of carbonyl (C=O) groups is 1. The third-order valence-corrected chi connectivity index (χ3v) is 5.86. The molecule has 0 aliphatic carbocycles. The highest BCUT2D eigenvalue weighted by molar-refractivity contribution is 5.80. The fraction of sp³-hybridized carbons (Fsp3) is 0.296. The minimum Gasteiger partial charge on any atom is -0.481 e. The predicted octanol–water partition coefficient (Wildman–Crippen LogP) is 8.37. The van der Waals surface area contributed by atoms with Gasteiger partial charge >= 0.3 is 18.3 Å². The number of aliphatic carboxylic acids is 1. The van der Waals surface area contributed by atoms with Gasteiger partial charge in [-0.3, -0.25) is 4.79 Å². The van der Waals surface area contributed by atoms with Crippen LogP contribution in [-0.4, -0.2) is 18.1 Å². The maximum atomic E-state index is 13.0. The monoisotopic (exact) mass is 509 g/mol. The molecule has 3 aromatic carbocycles. The quantitative estimate of drug-likeness (QED) is 0.325. The van der Waals surface area contributed by atoms with Gasteiger partial charge in [0.15, 0.2) is 0 Å². The number of carboxylic acids is 1. The molecule has 1 atom stereocenters. The van der Waals surface area contributed by atoms with Crippen molar-refractivity contribution in [2.24, 2.45) is 5.92 Å². The summed E-state index contributed by atoms with van der Waals surface area (Å²) in [6.45, 7) is 3.76. The van der Waals surface area contributed by atoms with Crippen LogP contribution in [0, 0.1) is 5.92 Å². The molecular weight excluding hydrogens is 484 g/mol. The maximum Gasteiger partial charge on any atom is 0.416 e. The van der Waals surface area contributed by atoms with Crippen molar-refractivity contribution >= 4 is 17.3 Å². The molecule has 1 unspecified atom stereocenters. The van der Waals surface area contributed by atoms with Gasteiger partial charge in [-0.2, -0.15) is 26.3 Å². The summed E-state index contributed by atoms with van der Waals surface area (Å²) in [6.07, 6.45) is -8.66. The summed E-state index contributed by atoms with van der Waals surface area (Å²) in [4.78, 5) is 13.7. The summed E-state index contributed by atoms with van der Waals surface area (Å²) in [6, 6.07) is 14.0. The number of carboxylic acid groups (broad SMARTS) is 1. The van der Waals surface area contributed by atoms with E-state index in [1.54, 1.807) is 30.1 Å². The van der Waals surface area contributed by atoms with Crippen molar-refractivity contribution in [1.82, 2.24) is 0 Å². The maximum absolute atomic E-state index is 13.0. The Morgan fingerprint density at radius 3 is 1.72 bits per heavy atom. The van der Waals surface area contributed by atoms with Crippen LogP contribution < -0.4 is 4.90 Å². The zero-order valence-corrected chi connectivity index (χ0v) is 19.8. The topological polar surface area (TPSA) is 40.5 Å². The molecule has 9 heteroatoms. The second kappa shape index (κ2) is 10.2. The van der Waals surface area contributed by atoms with Crippen LogP contribution in [0.4, 0.5) is 37.7 Å². The molecule has 0 saturated carbocycles. The number of anilines is 2. The van der Waals surface area contributed by atoms with Gasteiger partial charge < -0.3 is 10.0 Å². The van der Waals surface area contributed by atoms with Gasteiger partial charge in [0.05, 0.1) is 17.0 Å². The molecule has 192 valence electrons. The minimum absolute atomic E-state index is 0.0527. The Hall–Kier alpha value is -3.49. The van der Waals surface area contributed by atoms with Crippen molar-refractivity contribution in [3.8, 4) is 11.1 Å². The lowest BCUT2D eigenvalue weighted by molar-refractivity contribution is -0.139. The second-order valence-electron chi connectivity index (χ2n) is 9.01. The molecular formula is C27H25F6NO2. The first-order chi connectivity index (χ1) is 16.7. The largest absolute Gasteiger partial charge is 0.481 e. The molecule has 0 heterocycles. The van der Waals surface area contributed by atoms with Gasteiger partial charge in [-0.05, 0) is 77.6 Å². The average Bonchev–Trinajstić information content (AvgIpc) is 2.80. The van der Waals surface area contributed by atoms with E-state index in [0.29, 0.717) is 34.5 Å². The zero-order chi connectivity index (χ0) is 26.8. The lowest BCUT2D eigenvalue weighted by Crippen LogP contribution is -2.16. The van der Waals surface area contributed by atoms with Crippen LogP contribution in [0.15, 0.2) is 66.7 Å². The summed E-state index contributed by atoms with van der Waals surface area (Å²) in [5.74, 6) is -1.87. The Morgan fingerprint density at radius 2 is 1.28 bits per heavy atom. The van der Waals surface area contributed by atoms with E-state index in [9.17, 15) is 36.2 Å². The molecule has 3 rings (SSSR count). The van der Waals surface area contributed by atoms with Crippen LogP contribution >= 0.6 is 0 Å². The first-order valence-corrected chi connectivity index (χ1v) is 11.1. The molecule has 0 amide bonds. The molecule has 36 heavy (non-hydrogen) atoms. The summed E-state index contributed by atoms with van der Waals surface area (Å²) in [7, 11) is 1.62. The highest BCUT2D eigenvalue weighted by Gasteiger charge is 2.31. The van der Waals surface area contributed by atoms with E-state index in [1.807, 2.05) is 13.8 Å². The normalized spacial score (nSPS) is 13.1. The summed E-state index contributed by atoms with van der Waals surface area (Å²) < 4.78 is 78.0. The van der Waals surface area contributed by atoms with Crippen LogP contribution in [0.5, 0.6) is 0 Å². The standard InChI is InChI=1S/C27H25F6NO2/c1-16(2)12-24(25(35)36)19-13-18(17-4-6-20(7-5-17)26(28,29)30)14-23(15-19)34(3)22-10-8-21(9-11-22)27(31,32)33/h4-11,13-16,24H,12H2,1-3H3,(H,35,36). The Balaban J connectivity index is 2.11.